The lowest BCUT2D eigenvalue weighted by Crippen LogP contribution is -2.23. The van der Waals surface area contributed by atoms with Crippen molar-refractivity contribution < 1.29 is 9.53 Å². The van der Waals surface area contributed by atoms with Crippen LogP contribution in [0.4, 0.5) is 0 Å². The molecule has 0 amide bonds. The molecule has 0 aliphatic heterocycles. The van der Waals surface area contributed by atoms with Crippen molar-refractivity contribution in [1.82, 2.24) is 4.57 Å². The van der Waals surface area contributed by atoms with Gasteiger partial charge in [0.2, 0.25) is 0 Å². The number of carbonyl (C=O) groups is 1. The number of benzene rings is 1. The molecule has 2 rings (SSSR count). The van der Waals surface area contributed by atoms with E-state index in [9.17, 15) is 9.59 Å². The number of methoxy groups -OCH3 is 1. The van der Waals surface area contributed by atoms with Gasteiger partial charge in [0.1, 0.15) is 6.54 Å². The third-order valence-electron chi connectivity index (χ3n) is 2.85. The van der Waals surface area contributed by atoms with Gasteiger partial charge >= 0.3 is 5.97 Å². The first-order valence-electron chi connectivity index (χ1n) is 5.92. The number of pyridine rings is 1. The van der Waals surface area contributed by atoms with E-state index < -0.39 is 5.97 Å². The molecule has 0 spiro atoms. The van der Waals surface area contributed by atoms with Gasteiger partial charge in [-0.25, -0.2) is 0 Å². The molecule has 0 bridgehead atoms. The van der Waals surface area contributed by atoms with Crippen LogP contribution in [0.5, 0.6) is 0 Å². The van der Waals surface area contributed by atoms with Gasteiger partial charge in [-0.1, -0.05) is 12.1 Å². The third-order valence-corrected chi connectivity index (χ3v) is 2.85. The van der Waals surface area contributed by atoms with E-state index in [4.69, 9.17) is 5.26 Å². The first kappa shape index (κ1) is 13.6. The van der Waals surface area contributed by atoms with Gasteiger partial charge in [-0.3, -0.25) is 9.59 Å². The number of nitrogens with zero attached hydrogens (tertiary/aromatic N) is 2. The number of esters is 1. The normalized spacial score (nSPS) is 9.80. The lowest BCUT2D eigenvalue weighted by Gasteiger charge is -2.06. The second-order valence-corrected chi connectivity index (χ2v) is 4.15. The Kier molecular flexibility index (Phi) is 3.96. The zero-order valence-electron chi connectivity index (χ0n) is 10.9. The van der Waals surface area contributed by atoms with E-state index >= 15 is 0 Å². The van der Waals surface area contributed by atoms with E-state index in [1.807, 2.05) is 6.07 Å². The number of nitriles is 1. The molecule has 20 heavy (non-hydrogen) atoms. The molecule has 5 heteroatoms. The number of rotatable bonds is 3. The van der Waals surface area contributed by atoms with Crippen molar-refractivity contribution in [2.45, 2.75) is 6.54 Å². The van der Waals surface area contributed by atoms with Crippen molar-refractivity contribution in [3.63, 3.8) is 0 Å². The van der Waals surface area contributed by atoms with Crippen molar-refractivity contribution in [1.29, 1.82) is 5.26 Å². The van der Waals surface area contributed by atoms with Gasteiger partial charge in [0.15, 0.2) is 0 Å². The van der Waals surface area contributed by atoms with E-state index in [0.29, 0.717) is 11.1 Å². The smallest absolute Gasteiger partial charge is 0.325 e. The fraction of sp³-hybridized carbons (Fsp3) is 0.133. The molecule has 2 aromatic rings. The van der Waals surface area contributed by atoms with E-state index in [1.165, 1.54) is 23.9 Å². The topological polar surface area (TPSA) is 72.1 Å². The molecule has 0 radical (unpaired) electrons. The minimum Gasteiger partial charge on any atom is -0.468 e. The van der Waals surface area contributed by atoms with Crippen LogP contribution in [0.1, 0.15) is 5.56 Å². The van der Waals surface area contributed by atoms with E-state index in [1.54, 1.807) is 24.3 Å². The fourth-order valence-electron chi connectivity index (χ4n) is 1.79. The predicted molar refractivity (Wildman–Crippen MR) is 72.9 cm³/mol. The van der Waals surface area contributed by atoms with Crippen LogP contribution in [-0.2, 0) is 16.1 Å². The first-order valence-corrected chi connectivity index (χ1v) is 5.92. The Morgan fingerprint density at radius 3 is 2.70 bits per heavy atom. The largest absolute Gasteiger partial charge is 0.468 e. The monoisotopic (exact) mass is 268 g/mol. The van der Waals surface area contributed by atoms with Gasteiger partial charge in [0, 0.05) is 12.3 Å². The molecule has 0 unspecified atom stereocenters. The summed E-state index contributed by atoms with van der Waals surface area (Å²) < 4.78 is 5.79. The minimum absolute atomic E-state index is 0.117. The summed E-state index contributed by atoms with van der Waals surface area (Å²) in [7, 11) is 1.27. The predicted octanol–water partition coefficient (Wildman–Crippen LogP) is 1.56. The van der Waals surface area contributed by atoms with Gasteiger partial charge in [-0.15, -0.1) is 0 Å². The van der Waals surface area contributed by atoms with Crippen molar-refractivity contribution in [2.75, 3.05) is 7.11 Å². The van der Waals surface area contributed by atoms with E-state index in [-0.39, 0.29) is 12.1 Å². The zero-order chi connectivity index (χ0) is 14.5. The number of aromatic nitrogens is 1. The molecule has 1 aromatic carbocycles. The van der Waals surface area contributed by atoms with Crippen molar-refractivity contribution >= 4 is 5.97 Å². The lowest BCUT2D eigenvalue weighted by molar-refractivity contribution is -0.141. The molecular weight excluding hydrogens is 256 g/mol. The molecule has 0 saturated heterocycles. The average Bonchev–Trinajstić information content (AvgIpc) is 2.49. The van der Waals surface area contributed by atoms with E-state index in [2.05, 4.69) is 10.8 Å². The highest BCUT2D eigenvalue weighted by molar-refractivity contribution is 5.69. The molecule has 0 aliphatic carbocycles. The van der Waals surface area contributed by atoms with Gasteiger partial charge in [0.25, 0.3) is 5.56 Å². The minimum atomic E-state index is -0.480. The molecule has 1 heterocycles. The Balaban J connectivity index is 2.36. The highest BCUT2D eigenvalue weighted by atomic mass is 16.5. The van der Waals surface area contributed by atoms with Crippen LogP contribution in [-0.4, -0.2) is 17.6 Å². The number of hydrogen-bond donors (Lipinski definition) is 0. The quantitative estimate of drug-likeness (QED) is 0.792. The van der Waals surface area contributed by atoms with Crippen LogP contribution in [0.25, 0.3) is 11.1 Å². The van der Waals surface area contributed by atoms with Gasteiger partial charge in [0.05, 0.1) is 18.7 Å². The van der Waals surface area contributed by atoms with Crippen LogP contribution in [0.3, 0.4) is 0 Å². The molecule has 0 aliphatic rings. The second kappa shape index (κ2) is 5.85. The highest BCUT2D eigenvalue weighted by Gasteiger charge is 2.06. The third kappa shape index (κ3) is 2.93. The summed E-state index contributed by atoms with van der Waals surface area (Å²) in [5.41, 5.74) is 1.72. The lowest BCUT2D eigenvalue weighted by atomic mass is 10.0. The van der Waals surface area contributed by atoms with Crippen LogP contribution in [0.15, 0.2) is 47.4 Å². The summed E-state index contributed by atoms with van der Waals surface area (Å²) in [6.45, 7) is -0.117. The van der Waals surface area contributed by atoms with Crippen LogP contribution in [0, 0.1) is 11.3 Å². The Morgan fingerprint density at radius 1 is 1.30 bits per heavy atom. The maximum absolute atomic E-state index is 11.9. The second-order valence-electron chi connectivity index (χ2n) is 4.15. The van der Waals surface area contributed by atoms with Crippen molar-refractivity contribution in [2.24, 2.45) is 0 Å². The molecular formula is C15H12N2O3. The highest BCUT2D eigenvalue weighted by Crippen LogP contribution is 2.18. The average molecular weight is 268 g/mol. The molecule has 0 fully saturated rings. The van der Waals surface area contributed by atoms with Gasteiger partial charge in [-0.2, -0.15) is 5.26 Å². The number of ether oxygens (including phenoxy) is 1. The number of hydrogen-bond acceptors (Lipinski definition) is 4. The maximum atomic E-state index is 11.9. The molecule has 0 atom stereocenters. The van der Waals surface area contributed by atoms with Crippen LogP contribution >= 0.6 is 0 Å². The maximum Gasteiger partial charge on any atom is 0.325 e. The van der Waals surface area contributed by atoms with Crippen molar-refractivity contribution in [3.8, 4) is 17.2 Å². The molecule has 0 saturated carbocycles. The summed E-state index contributed by atoms with van der Waals surface area (Å²) >= 11 is 0. The summed E-state index contributed by atoms with van der Waals surface area (Å²) in [5.74, 6) is -0.480. The standard InChI is InChI=1S/C15H12N2O3/c1-20-15(19)10-17-6-5-13(8-14(17)18)12-4-2-3-11(7-12)9-16/h2-8H,10H2,1H3. The van der Waals surface area contributed by atoms with E-state index in [0.717, 1.165) is 5.56 Å². The summed E-state index contributed by atoms with van der Waals surface area (Å²) in [4.78, 5) is 23.1. The summed E-state index contributed by atoms with van der Waals surface area (Å²) in [6.07, 6.45) is 1.54. The molecule has 1 aromatic heterocycles. The summed E-state index contributed by atoms with van der Waals surface area (Å²) in [6, 6.07) is 12.2. The number of carbonyl (C=O) groups excluding carboxylic acids is 1. The fourth-order valence-corrected chi connectivity index (χ4v) is 1.79. The molecule has 100 valence electrons. The Labute approximate surface area is 115 Å². The molecule has 0 N–H and O–H groups in total. The van der Waals surface area contributed by atoms with Gasteiger partial charge in [-0.05, 0) is 29.3 Å². The Hall–Kier alpha value is -2.87. The Morgan fingerprint density at radius 2 is 2.05 bits per heavy atom. The van der Waals surface area contributed by atoms with Gasteiger partial charge < -0.3 is 9.30 Å². The first-order chi connectivity index (χ1) is 9.63. The Bertz CT molecular complexity index is 741. The SMILES string of the molecule is COC(=O)Cn1ccc(-c2cccc(C#N)c2)cc1=O. The zero-order valence-corrected chi connectivity index (χ0v) is 10.9. The van der Waals surface area contributed by atoms with Crippen LogP contribution < -0.4 is 5.56 Å². The molecule has 5 nitrogen and oxygen atoms in total. The summed E-state index contributed by atoms with van der Waals surface area (Å²) in [5, 5.41) is 8.87. The van der Waals surface area contributed by atoms with Crippen molar-refractivity contribution in [3.05, 3.63) is 58.5 Å². The van der Waals surface area contributed by atoms with Crippen LogP contribution in [0.2, 0.25) is 0 Å².